The van der Waals surface area contributed by atoms with Gasteiger partial charge in [0.2, 0.25) is 0 Å². The second kappa shape index (κ2) is 6.31. The van der Waals surface area contributed by atoms with Gasteiger partial charge in [0, 0.05) is 32.2 Å². The number of nitrogens with one attached hydrogen (secondary N) is 1. The molecule has 1 saturated heterocycles. The predicted molar refractivity (Wildman–Crippen MR) is 80.2 cm³/mol. The number of carbonyl (C=O) groups excluding carboxylic acids is 1. The van der Waals surface area contributed by atoms with Gasteiger partial charge in [-0.3, -0.25) is 9.69 Å². The van der Waals surface area contributed by atoms with Gasteiger partial charge in [0.25, 0.3) is 5.91 Å². The third kappa shape index (κ3) is 3.36. The summed E-state index contributed by atoms with van der Waals surface area (Å²) in [6.45, 7) is 4.59. The number of hydrogen-bond donors (Lipinski definition) is 1. The van der Waals surface area contributed by atoms with E-state index >= 15 is 0 Å². The van der Waals surface area contributed by atoms with Crippen LogP contribution in [0, 0.1) is 6.92 Å². The van der Waals surface area contributed by atoms with Gasteiger partial charge in [-0.2, -0.15) is 0 Å². The summed E-state index contributed by atoms with van der Waals surface area (Å²) in [5, 5.41) is 6.99. The first-order chi connectivity index (χ1) is 10.6. The Balaban J connectivity index is 1.47. The Hall–Kier alpha value is -2.15. The summed E-state index contributed by atoms with van der Waals surface area (Å²) < 4.78 is 6.98. The topological polar surface area (TPSA) is 76.2 Å². The average molecular weight is 303 g/mol. The molecule has 0 radical (unpaired) electrons. The number of aromatic nitrogens is 3. The highest BCUT2D eigenvalue weighted by Crippen LogP contribution is 2.15. The lowest BCUT2D eigenvalue weighted by molar-refractivity contribution is 0.0897. The maximum atomic E-state index is 12.2. The van der Waals surface area contributed by atoms with Crippen LogP contribution in [0.4, 0.5) is 0 Å². The quantitative estimate of drug-likeness (QED) is 0.915. The highest BCUT2D eigenvalue weighted by Gasteiger charge is 2.22. The summed E-state index contributed by atoms with van der Waals surface area (Å²) in [5.41, 5.74) is 1.51. The van der Waals surface area contributed by atoms with Crippen molar-refractivity contribution in [1.82, 2.24) is 24.9 Å². The van der Waals surface area contributed by atoms with Crippen LogP contribution in [0.1, 0.15) is 34.8 Å². The second-order valence-corrected chi connectivity index (χ2v) is 5.85. The molecule has 1 fully saturated rings. The number of imidazole rings is 1. The zero-order valence-corrected chi connectivity index (χ0v) is 13.0. The number of piperidine rings is 1. The number of amides is 1. The first-order valence-corrected chi connectivity index (χ1v) is 7.53. The zero-order valence-electron chi connectivity index (χ0n) is 13.0. The molecule has 2 aromatic heterocycles. The molecule has 22 heavy (non-hydrogen) atoms. The molecule has 0 spiro atoms. The smallest absolute Gasteiger partial charge is 0.269 e. The highest BCUT2D eigenvalue weighted by atomic mass is 16.5. The second-order valence-electron chi connectivity index (χ2n) is 5.85. The number of rotatable bonds is 4. The van der Waals surface area contributed by atoms with Crippen LogP contribution in [0.3, 0.4) is 0 Å². The Kier molecular flexibility index (Phi) is 4.24. The van der Waals surface area contributed by atoms with Crippen molar-refractivity contribution in [3.8, 4) is 0 Å². The van der Waals surface area contributed by atoms with Crippen molar-refractivity contribution < 1.29 is 9.32 Å². The monoisotopic (exact) mass is 303 g/mol. The minimum absolute atomic E-state index is 0.0516. The van der Waals surface area contributed by atoms with Crippen LogP contribution in [0.2, 0.25) is 0 Å². The number of carbonyl (C=O) groups is 1. The molecule has 2 aromatic rings. The summed E-state index contributed by atoms with van der Waals surface area (Å²) in [6, 6.07) is 2.19. The van der Waals surface area contributed by atoms with Crippen LogP contribution in [-0.2, 0) is 13.6 Å². The number of nitrogens with zero attached hydrogens (tertiary/aromatic N) is 4. The van der Waals surface area contributed by atoms with Crippen molar-refractivity contribution in [2.75, 3.05) is 13.1 Å². The summed E-state index contributed by atoms with van der Waals surface area (Å²) in [7, 11) is 1.82. The molecule has 0 atom stereocenters. The van der Waals surface area contributed by atoms with Crippen LogP contribution >= 0.6 is 0 Å². The molecular weight excluding hydrogens is 282 g/mol. The molecule has 118 valence electrons. The standard InChI is InChI=1S/C15H21N5O2/c1-11-7-13(22-18-11)9-20-5-3-12(4-6-20)17-15(21)14-8-16-10-19(14)2/h7-8,10,12H,3-6,9H2,1-2H3,(H,17,21). The first kappa shape index (κ1) is 14.8. The van der Waals surface area contributed by atoms with Crippen LogP contribution in [0.5, 0.6) is 0 Å². The van der Waals surface area contributed by atoms with Crippen molar-refractivity contribution in [3.05, 3.63) is 35.7 Å². The summed E-state index contributed by atoms with van der Waals surface area (Å²) in [5.74, 6) is 0.846. The Morgan fingerprint density at radius 3 is 2.82 bits per heavy atom. The van der Waals surface area contributed by atoms with E-state index in [1.165, 1.54) is 0 Å². The van der Waals surface area contributed by atoms with Crippen molar-refractivity contribution >= 4 is 5.91 Å². The number of aryl methyl sites for hydroxylation is 2. The molecule has 7 nitrogen and oxygen atoms in total. The van der Waals surface area contributed by atoms with Crippen molar-refractivity contribution in [1.29, 1.82) is 0 Å². The minimum Gasteiger partial charge on any atom is -0.360 e. The highest BCUT2D eigenvalue weighted by molar-refractivity contribution is 5.92. The van der Waals surface area contributed by atoms with Gasteiger partial charge in [-0.15, -0.1) is 0 Å². The van der Waals surface area contributed by atoms with Gasteiger partial charge >= 0.3 is 0 Å². The Labute approximate surface area is 129 Å². The van der Waals surface area contributed by atoms with E-state index in [4.69, 9.17) is 4.52 Å². The van der Waals surface area contributed by atoms with Gasteiger partial charge in [0.05, 0.1) is 24.8 Å². The summed E-state index contributed by atoms with van der Waals surface area (Å²) in [6.07, 6.45) is 5.11. The molecule has 0 aliphatic carbocycles. The lowest BCUT2D eigenvalue weighted by atomic mass is 10.0. The Bertz CT molecular complexity index is 640. The normalized spacial score (nSPS) is 16.8. The van der Waals surface area contributed by atoms with Gasteiger partial charge in [-0.05, 0) is 19.8 Å². The SMILES string of the molecule is Cc1cc(CN2CCC(NC(=O)c3cncn3C)CC2)on1. The van der Waals surface area contributed by atoms with E-state index in [2.05, 4.69) is 20.4 Å². The Morgan fingerprint density at radius 2 is 2.23 bits per heavy atom. The van der Waals surface area contributed by atoms with Crippen molar-refractivity contribution in [2.45, 2.75) is 32.4 Å². The van der Waals surface area contributed by atoms with Crippen LogP contribution in [0.25, 0.3) is 0 Å². The fourth-order valence-corrected chi connectivity index (χ4v) is 2.78. The molecule has 0 unspecified atom stereocenters. The van der Waals surface area contributed by atoms with E-state index < -0.39 is 0 Å². The maximum absolute atomic E-state index is 12.2. The molecule has 7 heteroatoms. The zero-order chi connectivity index (χ0) is 15.5. The lowest BCUT2D eigenvalue weighted by Gasteiger charge is -2.31. The van der Waals surface area contributed by atoms with E-state index in [9.17, 15) is 4.79 Å². The minimum atomic E-state index is -0.0516. The molecule has 1 amide bonds. The van der Waals surface area contributed by atoms with Crippen LogP contribution < -0.4 is 5.32 Å². The van der Waals surface area contributed by atoms with E-state index in [1.807, 2.05) is 20.0 Å². The van der Waals surface area contributed by atoms with Gasteiger partial charge in [0.15, 0.2) is 5.76 Å². The van der Waals surface area contributed by atoms with Crippen molar-refractivity contribution in [3.63, 3.8) is 0 Å². The molecule has 0 saturated carbocycles. The molecule has 0 bridgehead atoms. The molecular formula is C15H21N5O2. The van der Waals surface area contributed by atoms with Crippen molar-refractivity contribution in [2.24, 2.45) is 7.05 Å². The molecule has 1 N–H and O–H groups in total. The molecule has 3 heterocycles. The summed E-state index contributed by atoms with van der Waals surface area (Å²) in [4.78, 5) is 18.5. The first-order valence-electron chi connectivity index (χ1n) is 7.53. The summed E-state index contributed by atoms with van der Waals surface area (Å²) >= 11 is 0. The van der Waals surface area contributed by atoms with Gasteiger partial charge < -0.3 is 14.4 Å². The average Bonchev–Trinajstić information content (AvgIpc) is 3.10. The van der Waals surface area contributed by atoms with E-state index in [-0.39, 0.29) is 11.9 Å². The predicted octanol–water partition coefficient (Wildman–Crippen LogP) is 1.11. The number of hydrogen-bond acceptors (Lipinski definition) is 5. The van der Waals surface area contributed by atoms with Gasteiger partial charge in [-0.25, -0.2) is 4.98 Å². The molecule has 1 aliphatic heterocycles. The molecule has 0 aromatic carbocycles. The Morgan fingerprint density at radius 1 is 1.45 bits per heavy atom. The largest absolute Gasteiger partial charge is 0.360 e. The third-order valence-electron chi connectivity index (χ3n) is 4.03. The lowest BCUT2D eigenvalue weighted by Crippen LogP contribution is -2.44. The van der Waals surface area contributed by atoms with Crippen LogP contribution in [0.15, 0.2) is 23.1 Å². The van der Waals surface area contributed by atoms with E-state index in [0.29, 0.717) is 5.69 Å². The van der Waals surface area contributed by atoms with Gasteiger partial charge in [-0.1, -0.05) is 5.16 Å². The van der Waals surface area contributed by atoms with Crippen LogP contribution in [-0.4, -0.2) is 44.6 Å². The third-order valence-corrected chi connectivity index (χ3v) is 4.03. The maximum Gasteiger partial charge on any atom is 0.269 e. The van der Waals surface area contributed by atoms with Gasteiger partial charge in [0.1, 0.15) is 5.69 Å². The molecule has 1 aliphatic rings. The number of likely N-dealkylation sites (tertiary alicyclic amines) is 1. The molecule has 3 rings (SSSR count). The fourth-order valence-electron chi connectivity index (χ4n) is 2.78. The fraction of sp³-hybridized carbons (Fsp3) is 0.533. The van der Waals surface area contributed by atoms with E-state index in [1.54, 1.807) is 17.1 Å². The van der Waals surface area contributed by atoms with E-state index in [0.717, 1.165) is 43.9 Å².